The summed E-state index contributed by atoms with van der Waals surface area (Å²) in [5.74, 6) is -0.109. The molecular weight excluding hydrogens is 228 g/mol. The highest BCUT2D eigenvalue weighted by Gasteiger charge is 2.15. The second kappa shape index (κ2) is 7.84. The third-order valence-corrected chi connectivity index (χ3v) is 2.78. The van der Waals surface area contributed by atoms with Crippen LogP contribution in [-0.2, 0) is 16.0 Å². The molecule has 0 spiro atoms. The molecule has 1 aromatic carbocycles. The summed E-state index contributed by atoms with van der Waals surface area (Å²) in [5, 5.41) is 2.89. The molecule has 2 atom stereocenters. The summed E-state index contributed by atoms with van der Waals surface area (Å²) in [4.78, 5) is 11.8. The van der Waals surface area contributed by atoms with Gasteiger partial charge in [0.2, 0.25) is 5.91 Å². The van der Waals surface area contributed by atoms with Gasteiger partial charge < -0.3 is 15.8 Å². The molecule has 0 bridgehead atoms. The Kier molecular flexibility index (Phi) is 6.39. The van der Waals surface area contributed by atoms with Gasteiger partial charge in [-0.3, -0.25) is 4.79 Å². The molecule has 0 aromatic heterocycles. The molecule has 0 aliphatic heterocycles. The van der Waals surface area contributed by atoms with E-state index >= 15 is 0 Å². The molecule has 1 amide bonds. The molecule has 100 valence electrons. The number of nitrogens with one attached hydrogen (secondary N) is 1. The third-order valence-electron chi connectivity index (χ3n) is 2.78. The first-order chi connectivity index (χ1) is 8.63. The molecule has 0 saturated heterocycles. The predicted molar refractivity (Wildman–Crippen MR) is 72.2 cm³/mol. The summed E-state index contributed by atoms with van der Waals surface area (Å²) >= 11 is 0. The van der Waals surface area contributed by atoms with Crippen LogP contribution in [0.4, 0.5) is 0 Å². The lowest BCUT2D eigenvalue weighted by molar-refractivity contribution is -0.123. The number of carbonyl (C=O) groups is 1. The first-order valence-corrected chi connectivity index (χ1v) is 6.22. The maximum absolute atomic E-state index is 11.8. The first kappa shape index (κ1) is 14.7. The number of amides is 1. The maximum Gasteiger partial charge on any atom is 0.237 e. The normalized spacial score (nSPS) is 13.9. The Morgan fingerprint density at radius 1 is 1.39 bits per heavy atom. The minimum atomic E-state index is -0.502. The Morgan fingerprint density at radius 3 is 2.67 bits per heavy atom. The predicted octanol–water partition coefficient (Wildman–Crippen LogP) is 1.10. The van der Waals surface area contributed by atoms with Gasteiger partial charge in [0.25, 0.3) is 0 Å². The maximum atomic E-state index is 11.8. The van der Waals surface area contributed by atoms with Crippen molar-refractivity contribution < 1.29 is 9.53 Å². The minimum absolute atomic E-state index is 0.0827. The summed E-state index contributed by atoms with van der Waals surface area (Å²) < 4.78 is 4.97. The lowest BCUT2D eigenvalue weighted by Crippen LogP contribution is -2.45. The van der Waals surface area contributed by atoms with E-state index in [-0.39, 0.29) is 11.9 Å². The number of hydrogen-bond donors (Lipinski definition) is 2. The van der Waals surface area contributed by atoms with E-state index in [1.807, 2.05) is 37.3 Å². The average Bonchev–Trinajstić information content (AvgIpc) is 2.37. The monoisotopic (exact) mass is 250 g/mol. The molecule has 1 unspecified atom stereocenters. The van der Waals surface area contributed by atoms with Crippen molar-refractivity contribution in [3.63, 3.8) is 0 Å². The fraction of sp³-hybridized carbons (Fsp3) is 0.500. The van der Waals surface area contributed by atoms with E-state index in [9.17, 15) is 4.79 Å². The van der Waals surface area contributed by atoms with Crippen LogP contribution in [0.1, 0.15) is 18.9 Å². The second-order valence-electron chi connectivity index (χ2n) is 4.49. The van der Waals surface area contributed by atoms with Gasteiger partial charge in [0.1, 0.15) is 0 Å². The molecule has 0 fully saturated rings. The van der Waals surface area contributed by atoms with Crippen LogP contribution >= 0.6 is 0 Å². The van der Waals surface area contributed by atoms with Crippen LogP contribution in [0.5, 0.6) is 0 Å². The van der Waals surface area contributed by atoms with Crippen LogP contribution in [0.2, 0.25) is 0 Å². The van der Waals surface area contributed by atoms with E-state index in [2.05, 4.69) is 5.32 Å². The van der Waals surface area contributed by atoms with Crippen LogP contribution < -0.4 is 11.1 Å². The van der Waals surface area contributed by atoms with Crippen molar-refractivity contribution in [3.05, 3.63) is 35.9 Å². The average molecular weight is 250 g/mol. The zero-order valence-electron chi connectivity index (χ0n) is 11.1. The quantitative estimate of drug-likeness (QED) is 0.761. The van der Waals surface area contributed by atoms with E-state index in [1.54, 1.807) is 7.11 Å². The van der Waals surface area contributed by atoms with Crippen molar-refractivity contribution in [1.82, 2.24) is 5.32 Å². The molecule has 0 heterocycles. The Balaban J connectivity index is 2.37. The molecular formula is C14H22N2O2. The summed E-state index contributed by atoms with van der Waals surface area (Å²) in [5.41, 5.74) is 6.96. The summed E-state index contributed by atoms with van der Waals surface area (Å²) in [6, 6.07) is 9.37. The number of rotatable bonds is 7. The van der Waals surface area contributed by atoms with Gasteiger partial charge >= 0.3 is 0 Å². The van der Waals surface area contributed by atoms with Gasteiger partial charge in [0.05, 0.1) is 6.04 Å². The highest BCUT2D eigenvalue weighted by atomic mass is 16.5. The summed E-state index contributed by atoms with van der Waals surface area (Å²) in [7, 11) is 1.65. The Hall–Kier alpha value is -1.39. The zero-order chi connectivity index (χ0) is 13.4. The molecule has 1 aromatic rings. The number of benzene rings is 1. The van der Waals surface area contributed by atoms with E-state index in [1.165, 1.54) is 0 Å². The Bertz CT molecular complexity index is 354. The highest BCUT2D eigenvalue weighted by Crippen LogP contribution is 2.02. The number of methoxy groups -OCH3 is 1. The lowest BCUT2D eigenvalue weighted by atomic mass is 10.1. The van der Waals surface area contributed by atoms with Crippen LogP contribution in [0.25, 0.3) is 0 Å². The number of hydrogen-bond acceptors (Lipinski definition) is 3. The van der Waals surface area contributed by atoms with Gasteiger partial charge in [-0.05, 0) is 25.3 Å². The van der Waals surface area contributed by atoms with Gasteiger partial charge in [-0.1, -0.05) is 30.3 Å². The molecule has 4 heteroatoms. The van der Waals surface area contributed by atoms with E-state index < -0.39 is 6.04 Å². The van der Waals surface area contributed by atoms with Crippen molar-refractivity contribution >= 4 is 5.91 Å². The second-order valence-corrected chi connectivity index (χ2v) is 4.49. The van der Waals surface area contributed by atoms with Crippen molar-refractivity contribution in [2.45, 2.75) is 31.8 Å². The van der Waals surface area contributed by atoms with Crippen LogP contribution in [0, 0.1) is 0 Å². The minimum Gasteiger partial charge on any atom is -0.385 e. The van der Waals surface area contributed by atoms with Crippen molar-refractivity contribution in [2.75, 3.05) is 13.7 Å². The highest BCUT2D eigenvalue weighted by molar-refractivity contribution is 5.82. The molecule has 0 radical (unpaired) electrons. The Labute approximate surface area is 109 Å². The molecule has 18 heavy (non-hydrogen) atoms. The first-order valence-electron chi connectivity index (χ1n) is 6.22. The van der Waals surface area contributed by atoms with Crippen molar-refractivity contribution in [2.24, 2.45) is 5.73 Å². The van der Waals surface area contributed by atoms with Gasteiger partial charge in [-0.15, -0.1) is 0 Å². The van der Waals surface area contributed by atoms with Gasteiger partial charge in [-0.25, -0.2) is 0 Å². The van der Waals surface area contributed by atoms with E-state index in [0.717, 1.165) is 12.0 Å². The SMILES string of the molecule is COCCC(C)NC(=O)[C@@H](N)Cc1ccccc1. The topological polar surface area (TPSA) is 64.3 Å². The van der Waals surface area contributed by atoms with E-state index in [0.29, 0.717) is 13.0 Å². The van der Waals surface area contributed by atoms with Crippen LogP contribution in [0.3, 0.4) is 0 Å². The van der Waals surface area contributed by atoms with E-state index in [4.69, 9.17) is 10.5 Å². The zero-order valence-corrected chi connectivity index (χ0v) is 11.1. The van der Waals surface area contributed by atoms with Gasteiger partial charge in [0, 0.05) is 19.8 Å². The molecule has 0 saturated carbocycles. The molecule has 0 aliphatic carbocycles. The van der Waals surface area contributed by atoms with Crippen LogP contribution in [-0.4, -0.2) is 31.7 Å². The fourth-order valence-corrected chi connectivity index (χ4v) is 1.68. The van der Waals surface area contributed by atoms with Crippen molar-refractivity contribution in [1.29, 1.82) is 0 Å². The summed E-state index contributed by atoms with van der Waals surface area (Å²) in [6.45, 7) is 2.58. The van der Waals surface area contributed by atoms with Crippen LogP contribution in [0.15, 0.2) is 30.3 Å². The molecule has 1 rings (SSSR count). The number of ether oxygens (including phenoxy) is 1. The molecule has 4 nitrogen and oxygen atoms in total. The summed E-state index contributed by atoms with van der Waals surface area (Å²) in [6.07, 6.45) is 1.35. The van der Waals surface area contributed by atoms with Gasteiger partial charge in [0.15, 0.2) is 0 Å². The number of carbonyl (C=O) groups excluding carboxylic acids is 1. The third kappa shape index (κ3) is 5.29. The standard InChI is InChI=1S/C14H22N2O2/c1-11(8-9-18-2)16-14(17)13(15)10-12-6-4-3-5-7-12/h3-7,11,13H,8-10,15H2,1-2H3,(H,16,17)/t11?,13-/m0/s1. The van der Waals surface area contributed by atoms with Crippen molar-refractivity contribution in [3.8, 4) is 0 Å². The fourth-order valence-electron chi connectivity index (χ4n) is 1.68. The lowest BCUT2D eigenvalue weighted by Gasteiger charge is -2.17. The molecule has 3 N–H and O–H groups in total. The molecule has 0 aliphatic rings. The smallest absolute Gasteiger partial charge is 0.237 e. The van der Waals surface area contributed by atoms with Gasteiger partial charge in [-0.2, -0.15) is 0 Å². The Morgan fingerprint density at radius 2 is 2.06 bits per heavy atom. The largest absolute Gasteiger partial charge is 0.385 e. The number of nitrogens with two attached hydrogens (primary N) is 1.